The Morgan fingerprint density at radius 3 is 2.93 bits per heavy atom. The summed E-state index contributed by atoms with van der Waals surface area (Å²) in [7, 11) is 0. The molecule has 0 aliphatic carbocycles. The fraction of sp³-hybridized carbons (Fsp3) is 0.100. The zero-order chi connectivity index (χ0) is 10.8. The van der Waals surface area contributed by atoms with Crippen molar-refractivity contribution in [2.24, 2.45) is 5.73 Å². The van der Waals surface area contributed by atoms with E-state index in [-0.39, 0.29) is 5.82 Å². The van der Waals surface area contributed by atoms with E-state index in [1.807, 2.05) is 0 Å². The smallest absolute Gasteiger partial charge is 0.227 e. The van der Waals surface area contributed by atoms with Gasteiger partial charge in [-0.1, -0.05) is 6.07 Å². The van der Waals surface area contributed by atoms with Crippen molar-refractivity contribution >= 4 is 15.9 Å². The van der Waals surface area contributed by atoms with Crippen LogP contribution in [0.25, 0.3) is 11.5 Å². The largest absolute Gasteiger partial charge is 0.444 e. The van der Waals surface area contributed by atoms with Crippen LogP contribution in [0, 0.1) is 5.82 Å². The maximum absolute atomic E-state index is 13.2. The van der Waals surface area contributed by atoms with Crippen LogP contribution in [0.15, 0.2) is 33.4 Å². The van der Waals surface area contributed by atoms with Gasteiger partial charge < -0.3 is 10.2 Å². The standard InChI is InChI=1S/C10H8BrFN2O/c11-9-7(2-1-3-8(9)12)10-14-6(4-13)5-15-10/h1-3,5H,4,13H2. The van der Waals surface area contributed by atoms with Crippen LogP contribution in [0.1, 0.15) is 5.69 Å². The normalized spacial score (nSPS) is 10.6. The molecule has 0 amide bonds. The summed E-state index contributed by atoms with van der Waals surface area (Å²) >= 11 is 3.14. The van der Waals surface area contributed by atoms with E-state index >= 15 is 0 Å². The van der Waals surface area contributed by atoms with Crippen LogP contribution in [-0.2, 0) is 6.54 Å². The molecule has 2 rings (SSSR count). The number of nitrogens with zero attached hydrogens (tertiary/aromatic N) is 1. The van der Waals surface area contributed by atoms with Crippen molar-refractivity contribution in [3.8, 4) is 11.5 Å². The van der Waals surface area contributed by atoms with Gasteiger partial charge in [-0.25, -0.2) is 9.37 Å². The van der Waals surface area contributed by atoms with E-state index in [1.54, 1.807) is 12.1 Å². The molecule has 2 N–H and O–H groups in total. The molecule has 1 aromatic carbocycles. The van der Waals surface area contributed by atoms with Gasteiger partial charge in [0.05, 0.1) is 15.7 Å². The molecule has 0 atom stereocenters. The molecular formula is C10H8BrFN2O. The molecule has 1 heterocycles. The minimum atomic E-state index is -0.347. The van der Waals surface area contributed by atoms with Gasteiger partial charge in [-0.05, 0) is 28.1 Å². The highest BCUT2D eigenvalue weighted by molar-refractivity contribution is 9.10. The number of benzene rings is 1. The van der Waals surface area contributed by atoms with E-state index in [1.165, 1.54) is 12.3 Å². The predicted octanol–water partition coefficient (Wildman–Crippen LogP) is 2.70. The summed E-state index contributed by atoms with van der Waals surface area (Å²) in [5.74, 6) is 0.0156. The highest BCUT2D eigenvalue weighted by Crippen LogP contribution is 2.29. The molecule has 2 aromatic rings. The van der Waals surface area contributed by atoms with Crippen molar-refractivity contribution in [2.45, 2.75) is 6.54 Å². The number of hydrogen-bond donors (Lipinski definition) is 1. The van der Waals surface area contributed by atoms with Gasteiger partial charge in [-0.3, -0.25) is 0 Å². The monoisotopic (exact) mass is 270 g/mol. The molecule has 0 unspecified atom stereocenters. The third-order valence-corrected chi connectivity index (χ3v) is 2.75. The first-order valence-electron chi connectivity index (χ1n) is 4.31. The van der Waals surface area contributed by atoms with Gasteiger partial charge >= 0.3 is 0 Å². The van der Waals surface area contributed by atoms with Crippen molar-refractivity contribution in [1.29, 1.82) is 0 Å². The highest BCUT2D eigenvalue weighted by Gasteiger charge is 2.12. The Morgan fingerprint density at radius 1 is 1.47 bits per heavy atom. The second-order valence-electron chi connectivity index (χ2n) is 2.95. The summed E-state index contributed by atoms with van der Waals surface area (Å²) in [6, 6.07) is 4.68. The quantitative estimate of drug-likeness (QED) is 0.913. The van der Waals surface area contributed by atoms with Crippen molar-refractivity contribution < 1.29 is 8.81 Å². The lowest BCUT2D eigenvalue weighted by atomic mass is 10.2. The van der Waals surface area contributed by atoms with Crippen LogP contribution in [0.2, 0.25) is 0 Å². The first kappa shape index (κ1) is 10.3. The number of oxazole rings is 1. The summed E-state index contributed by atoms with van der Waals surface area (Å²) < 4.78 is 18.7. The van der Waals surface area contributed by atoms with Crippen LogP contribution in [-0.4, -0.2) is 4.98 Å². The number of aromatic nitrogens is 1. The van der Waals surface area contributed by atoms with E-state index in [0.29, 0.717) is 28.2 Å². The van der Waals surface area contributed by atoms with Gasteiger partial charge in [-0.2, -0.15) is 0 Å². The Balaban J connectivity index is 2.49. The van der Waals surface area contributed by atoms with Crippen LogP contribution in [0.3, 0.4) is 0 Å². The van der Waals surface area contributed by atoms with Gasteiger partial charge in [0.25, 0.3) is 0 Å². The highest BCUT2D eigenvalue weighted by atomic mass is 79.9. The molecular weight excluding hydrogens is 263 g/mol. The first-order chi connectivity index (χ1) is 7.22. The molecule has 0 radical (unpaired) electrons. The average molecular weight is 271 g/mol. The average Bonchev–Trinajstić information content (AvgIpc) is 2.70. The maximum atomic E-state index is 13.2. The Bertz CT molecular complexity index is 484. The third-order valence-electron chi connectivity index (χ3n) is 1.94. The van der Waals surface area contributed by atoms with E-state index in [2.05, 4.69) is 20.9 Å². The van der Waals surface area contributed by atoms with Crippen LogP contribution in [0.5, 0.6) is 0 Å². The molecule has 0 bridgehead atoms. The second-order valence-corrected chi connectivity index (χ2v) is 3.74. The zero-order valence-corrected chi connectivity index (χ0v) is 9.29. The summed E-state index contributed by atoms with van der Waals surface area (Å²) in [5.41, 5.74) is 6.62. The Morgan fingerprint density at radius 2 is 2.27 bits per heavy atom. The Kier molecular flexibility index (Phi) is 2.83. The minimum absolute atomic E-state index is 0.302. The molecule has 5 heteroatoms. The fourth-order valence-electron chi connectivity index (χ4n) is 1.19. The van der Waals surface area contributed by atoms with Gasteiger partial charge in [0.15, 0.2) is 0 Å². The van der Waals surface area contributed by atoms with E-state index in [9.17, 15) is 4.39 Å². The van der Waals surface area contributed by atoms with Crippen LogP contribution < -0.4 is 5.73 Å². The molecule has 0 fully saturated rings. The van der Waals surface area contributed by atoms with Crippen LogP contribution in [0.4, 0.5) is 4.39 Å². The summed E-state index contributed by atoms with van der Waals surface area (Å²) in [5, 5.41) is 0. The zero-order valence-electron chi connectivity index (χ0n) is 7.71. The Labute approximate surface area is 94.2 Å². The SMILES string of the molecule is NCc1coc(-c2cccc(F)c2Br)n1. The second kappa shape index (κ2) is 4.12. The molecule has 0 aliphatic rings. The molecule has 0 saturated carbocycles. The van der Waals surface area contributed by atoms with E-state index < -0.39 is 0 Å². The van der Waals surface area contributed by atoms with Gasteiger partial charge in [0.1, 0.15) is 12.1 Å². The molecule has 3 nitrogen and oxygen atoms in total. The van der Waals surface area contributed by atoms with Crippen LogP contribution >= 0.6 is 15.9 Å². The van der Waals surface area contributed by atoms with Crippen molar-refractivity contribution in [2.75, 3.05) is 0 Å². The predicted molar refractivity (Wildman–Crippen MR) is 57.5 cm³/mol. The lowest BCUT2D eigenvalue weighted by Crippen LogP contribution is -1.95. The minimum Gasteiger partial charge on any atom is -0.444 e. The number of halogens is 2. The lowest BCUT2D eigenvalue weighted by molar-refractivity contribution is 0.569. The van der Waals surface area contributed by atoms with E-state index in [4.69, 9.17) is 10.2 Å². The first-order valence-corrected chi connectivity index (χ1v) is 5.10. The van der Waals surface area contributed by atoms with Crippen molar-refractivity contribution in [3.05, 3.63) is 40.4 Å². The molecule has 15 heavy (non-hydrogen) atoms. The molecule has 1 aromatic heterocycles. The number of nitrogens with two attached hydrogens (primary N) is 1. The van der Waals surface area contributed by atoms with Gasteiger partial charge in [-0.15, -0.1) is 0 Å². The topological polar surface area (TPSA) is 52.0 Å². The van der Waals surface area contributed by atoms with Gasteiger partial charge in [0.2, 0.25) is 5.89 Å². The summed E-state index contributed by atoms with van der Waals surface area (Å²) in [4.78, 5) is 4.11. The molecule has 0 saturated heterocycles. The summed E-state index contributed by atoms with van der Waals surface area (Å²) in [6.07, 6.45) is 1.46. The molecule has 0 aliphatic heterocycles. The van der Waals surface area contributed by atoms with E-state index in [0.717, 1.165) is 0 Å². The third kappa shape index (κ3) is 1.93. The number of rotatable bonds is 2. The lowest BCUT2D eigenvalue weighted by Gasteiger charge is -1.99. The fourth-order valence-corrected chi connectivity index (χ4v) is 1.63. The van der Waals surface area contributed by atoms with Crippen molar-refractivity contribution in [1.82, 2.24) is 4.98 Å². The Hall–Kier alpha value is -1.20. The van der Waals surface area contributed by atoms with Gasteiger partial charge in [0, 0.05) is 6.54 Å². The number of hydrogen-bond acceptors (Lipinski definition) is 3. The molecule has 78 valence electrons. The maximum Gasteiger partial charge on any atom is 0.227 e. The van der Waals surface area contributed by atoms with Crippen molar-refractivity contribution in [3.63, 3.8) is 0 Å². The molecule has 0 spiro atoms. The summed E-state index contributed by atoms with van der Waals surface area (Å²) in [6.45, 7) is 0.302.